The highest BCUT2D eigenvalue weighted by atomic mass is 79.9. The number of benzene rings is 2. The van der Waals surface area contributed by atoms with E-state index in [1.54, 1.807) is 0 Å². The highest BCUT2D eigenvalue weighted by molar-refractivity contribution is 9.11. The number of amides is 2. The molecule has 7 nitrogen and oxygen atoms in total. The summed E-state index contributed by atoms with van der Waals surface area (Å²) in [5.41, 5.74) is -0.831. The van der Waals surface area contributed by atoms with Gasteiger partial charge in [-0.05, 0) is 87.2 Å². The fourth-order valence-electron chi connectivity index (χ4n) is 5.69. The van der Waals surface area contributed by atoms with Gasteiger partial charge in [-0.1, -0.05) is 56.7 Å². The predicted octanol–water partition coefficient (Wildman–Crippen LogP) is 7.19. The van der Waals surface area contributed by atoms with Crippen molar-refractivity contribution in [3.8, 4) is 5.75 Å². The van der Waals surface area contributed by atoms with Crippen LogP contribution in [-0.2, 0) is 20.8 Å². The Kier molecular flexibility index (Phi) is 12.4. The van der Waals surface area contributed by atoms with Crippen molar-refractivity contribution in [3.05, 3.63) is 62.3 Å². The Labute approximate surface area is 284 Å². The van der Waals surface area contributed by atoms with Crippen LogP contribution >= 0.6 is 31.9 Å². The van der Waals surface area contributed by atoms with E-state index in [1.165, 1.54) is 12.1 Å². The number of hydrogen-bond acceptors (Lipinski definition) is 5. The van der Waals surface area contributed by atoms with Crippen LogP contribution in [0.3, 0.4) is 0 Å². The van der Waals surface area contributed by atoms with Gasteiger partial charge in [0.05, 0.1) is 21.0 Å². The van der Waals surface area contributed by atoms with Crippen molar-refractivity contribution in [3.63, 3.8) is 0 Å². The first-order valence-corrected chi connectivity index (χ1v) is 16.9. The highest BCUT2D eigenvalue weighted by Crippen LogP contribution is 2.45. The number of hydrogen-bond donors (Lipinski definition) is 4. The lowest BCUT2D eigenvalue weighted by molar-refractivity contribution is -0.295. The van der Waals surface area contributed by atoms with E-state index in [0.717, 1.165) is 62.8 Å². The normalized spacial score (nSPS) is 18.1. The molecule has 2 aromatic carbocycles. The lowest BCUT2D eigenvalue weighted by Gasteiger charge is -2.33. The van der Waals surface area contributed by atoms with E-state index in [9.17, 15) is 37.1 Å². The SMILES string of the molecule is O=C(NC1CCCCCC1)C(=O)[C@H](CC1CC1)NC(=O)[C@H](Cc1cc(Br)c(O)c(Br)c1)N[C@@H](c1ccccc1F)C(F)(F)C(F)(F)F. The minimum atomic E-state index is -6.14. The number of phenolic OH excluding ortho intramolecular Hbond substituents is 1. The summed E-state index contributed by atoms with van der Waals surface area (Å²) >= 11 is 6.25. The second-order valence-corrected chi connectivity index (χ2v) is 13.9. The minimum absolute atomic E-state index is 0.00562. The average Bonchev–Trinajstić information content (AvgIpc) is 3.85. The molecule has 0 bridgehead atoms. The molecule has 47 heavy (non-hydrogen) atoms. The van der Waals surface area contributed by atoms with Crippen molar-refractivity contribution < 1.29 is 45.8 Å². The second kappa shape index (κ2) is 15.7. The zero-order chi connectivity index (χ0) is 34.5. The summed E-state index contributed by atoms with van der Waals surface area (Å²) in [6.45, 7) is 0. The zero-order valence-electron chi connectivity index (χ0n) is 25.1. The summed E-state index contributed by atoms with van der Waals surface area (Å²) in [5, 5.41) is 17.3. The van der Waals surface area contributed by atoms with Crippen LogP contribution in [0, 0.1) is 11.7 Å². The van der Waals surface area contributed by atoms with Gasteiger partial charge in [0.1, 0.15) is 17.6 Å². The van der Waals surface area contributed by atoms with E-state index in [0.29, 0.717) is 12.8 Å². The van der Waals surface area contributed by atoms with Crippen molar-refractivity contribution in [2.24, 2.45) is 5.92 Å². The molecule has 4 N–H and O–H groups in total. The number of nitrogens with one attached hydrogen (secondary N) is 3. The van der Waals surface area contributed by atoms with Crippen molar-refractivity contribution in [2.75, 3.05) is 0 Å². The largest absolute Gasteiger partial charge is 0.506 e. The van der Waals surface area contributed by atoms with E-state index in [1.807, 2.05) is 5.32 Å². The average molecular weight is 799 g/mol. The zero-order valence-corrected chi connectivity index (χ0v) is 28.3. The molecule has 0 spiro atoms. The Balaban J connectivity index is 1.67. The van der Waals surface area contributed by atoms with Gasteiger partial charge in [0.25, 0.3) is 5.91 Å². The quantitative estimate of drug-likeness (QED) is 0.0976. The molecule has 0 radical (unpaired) electrons. The fraction of sp³-hybridized carbons (Fsp3) is 0.531. The smallest absolute Gasteiger partial charge is 0.455 e. The summed E-state index contributed by atoms with van der Waals surface area (Å²) in [6, 6.07) is -0.217. The molecule has 2 fully saturated rings. The Morgan fingerprint density at radius 2 is 1.49 bits per heavy atom. The molecule has 3 atom stereocenters. The maximum Gasteiger partial charge on any atom is 0.455 e. The molecule has 2 amide bonds. The third-order valence-corrected chi connectivity index (χ3v) is 9.68. The van der Waals surface area contributed by atoms with E-state index in [-0.39, 0.29) is 38.6 Å². The molecular weight excluding hydrogens is 764 g/mol. The Hall–Kier alpha value is -2.65. The minimum Gasteiger partial charge on any atom is -0.506 e. The van der Waals surface area contributed by atoms with Crippen LogP contribution in [-0.4, -0.2) is 52.9 Å². The summed E-state index contributed by atoms with van der Waals surface area (Å²) in [6.07, 6.45) is 0.00705. The van der Waals surface area contributed by atoms with Gasteiger partial charge in [-0.25, -0.2) is 4.39 Å². The molecule has 0 aliphatic heterocycles. The van der Waals surface area contributed by atoms with Crippen LogP contribution in [0.5, 0.6) is 5.75 Å². The summed E-state index contributed by atoms with van der Waals surface area (Å²) in [7, 11) is 0. The molecule has 0 unspecified atom stereocenters. The van der Waals surface area contributed by atoms with Crippen molar-refractivity contribution in [1.82, 2.24) is 16.0 Å². The second-order valence-electron chi connectivity index (χ2n) is 12.2. The summed E-state index contributed by atoms with van der Waals surface area (Å²) < 4.78 is 86.5. The molecule has 0 heterocycles. The number of alkyl halides is 5. The highest BCUT2D eigenvalue weighted by Gasteiger charge is 2.63. The lowest BCUT2D eigenvalue weighted by Crippen LogP contribution is -2.58. The van der Waals surface area contributed by atoms with Crippen LogP contribution in [0.15, 0.2) is 45.3 Å². The maximum atomic E-state index is 15.1. The molecule has 2 aliphatic carbocycles. The first-order chi connectivity index (χ1) is 22.1. The predicted molar refractivity (Wildman–Crippen MR) is 168 cm³/mol. The third kappa shape index (κ3) is 9.71. The molecular formula is C32H35Br2F6N3O4. The van der Waals surface area contributed by atoms with Crippen molar-refractivity contribution in [1.29, 1.82) is 0 Å². The fourth-order valence-corrected chi connectivity index (χ4v) is 6.97. The van der Waals surface area contributed by atoms with E-state index in [2.05, 4.69) is 42.5 Å². The van der Waals surface area contributed by atoms with Gasteiger partial charge in [0.15, 0.2) is 0 Å². The first kappa shape index (κ1) is 37.2. The molecule has 2 saturated carbocycles. The standard InChI is InChI=1S/C32H35Br2F6N3O4/c33-21-13-18(14-22(34)26(21)44)16-25(42-28(31(36,37)32(38,39)40)20-9-5-6-10-23(20)35)29(46)43-24(15-17-11-12-17)27(45)30(47)41-19-7-3-1-2-4-8-19/h5-6,9-10,13-14,17,19,24-25,28,42,44H,1-4,7-8,11-12,15-16H2,(H,41,47)(H,43,46)/t24-,25-,28-/m0/s1. The number of halogens is 8. The van der Waals surface area contributed by atoms with Gasteiger partial charge in [-0.3, -0.25) is 19.7 Å². The summed E-state index contributed by atoms with van der Waals surface area (Å²) in [5.74, 6) is -10.1. The number of Topliss-reactive ketones (excluding diaryl/α,β-unsaturated/α-hetero) is 1. The molecule has 15 heteroatoms. The molecule has 0 saturated heterocycles. The molecule has 4 rings (SSSR count). The van der Waals surface area contributed by atoms with E-state index < -0.39 is 65.6 Å². The Morgan fingerprint density at radius 1 is 0.894 bits per heavy atom. The van der Waals surface area contributed by atoms with E-state index >= 15 is 8.78 Å². The van der Waals surface area contributed by atoms with Crippen LogP contribution < -0.4 is 16.0 Å². The van der Waals surface area contributed by atoms with Gasteiger partial charge >= 0.3 is 12.1 Å². The molecule has 2 aliphatic rings. The maximum absolute atomic E-state index is 15.1. The van der Waals surface area contributed by atoms with Gasteiger partial charge in [0, 0.05) is 11.6 Å². The van der Waals surface area contributed by atoms with Gasteiger partial charge in [-0.2, -0.15) is 22.0 Å². The summed E-state index contributed by atoms with van der Waals surface area (Å²) in [4.78, 5) is 40.3. The number of aromatic hydroxyl groups is 1. The van der Waals surface area contributed by atoms with Crippen LogP contribution in [0.2, 0.25) is 0 Å². The third-order valence-electron chi connectivity index (χ3n) is 8.47. The number of carbonyl (C=O) groups excluding carboxylic acids is 3. The molecule has 258 valence electrons. The van der Waals surface area contributed by atoms with Crippen LogP contribution in [0.4, 0.5) is 26.3 Å². The van der Waals surface area contributed by atoms with Gasteiger partial charge < -0.3 is 15.7 Å². The number of phenols is 1. The number of carbonyl (C=O) groups is 3. The number of ketones is 1. The molecule has 2 aromatic rings. The van der Waals surface area contributed by atoms with Crippen LogP contribution in [0.25, 0.3) is 0 Å². The lowest BCUT2D eigenvalue weighted by atomic mass is 9.95. The number of rotatable bonds is 13. The Morgan fingerprint density at radius 3 is 2.04 bits per heavy atom. The monoisotopic (exact) mass is 797 g/mol. The first-order valence-electron chi connectivity index (χ1n) is 15.4. The van der Waals surface area contributed by atoms with Gasteiger partial charge in [0.2, 0.25) is 11.7 Å². The van der Waals surface area contributed by atoms with Gasteiger partial charge in [-0.15, -0.1) is 0 Å². The Bertz CT molecular complexity index is 1430. The van der Waals surface area contributed by atoms with Crippen molar-refractivity contribution in [2.45, 2.75) is 100 Å². The van der Waals surface area contributed by atoms with E-state index in [4.69, 9.17) is 0 Å². The topological polar surface area (TPSA) is 108 Å². The van der Waals surface area contributed by atoms with Crippen LogP contribution in [0.1, 0.15) is 75.0 Å². The molecule has 0 aromatic heterocycles. The van der Waals surface area contributed by atoms with Crippen molar-refractivity contribution >= 4 is 49.5 Å².